The number of halogens is 2. The summed E-state index contributed by atoms with van der Waals surface area (Å²) in [6, 6.07) is 9.39. The van der Waals surface area contributed by atoms with Gasteiger partial charge in [0.25, 0.3) is 0 Å². The number of fused-ring (bicyclic) bond motifs is 1. The van der Waals surface area contributed by atoms with E-state index in [1.807, 2.05) is 6.92 Å². The van der Waals surface area contributed by atoms with Gasteiger partial charge in [-0.1, -0.05) is 25.1 Å². The quantitative estimate of drug-likeness (QED) is 0.668. The van der Waals surface area contributed by atoms with Crippen LogP contribution in [0.1, 0.15) is 24.9 Å². The molecule has 0 fully saturated rings. The molecule has 0 aliphatic heterocycles. The number of aryl methyl sites for hydroxylation is 1. The van der Waals surface area contributed by atoms with E-state index in [1.54, 1.807) is 19.2 Å². The first-order valence-electron chi connectivity index (χ1n) is 8.97. The number of imidazole rings is 1. The molecule has 3 rings (SSSR count). The highest BCUT2D eigenvalue weighted by Gasteiger charge is 2.29. The largest absolute Gasteiger partial charge is 0.389 e. The Bertz CT molecular complexity index is 997. The molecule has 0 radical (unpaired) electrons. The third-order valence-corrected chi connectivity index (χ3v) is 4.63. The number of rotatable bonds is 7. The summed E-state index contributed by atoms with van der Waals surface area (Å²) in [7, 11) is 1.68. The average Bonchev–Trinajstić information content (AvgIpc) is 2.90. The molecule has 2 N–H and O–H groups in total. The number of aromatic nitrogens is 2. The Labute approximate surface area is 155 Å². The molecule has 144 valence electrons. The fraction of sp³-hybridized carbons (Fsp3) is 0.350. The maximum atomic E-state index is 14.5. The van der Waals surface area contributed by atoms with E-state index in [-0.39, 0.29) is 12.1 Å². The Morgan fingerprint density at radius 1 is 1.19 bits per heavy atom. The van der Waals surface area contributed by atoms with Crippen molar-refractivity contribution in [1.82, 2.24) is 14.5 Å². The molecule has 7 heteroatoms. The van der Waals surface area contributed by atoms with Crippen molar-refractivity contribution < 1.29 is 13.9 Å². The van der Waals surface area contributed by atoms with Gasteiger partial charge in [0.2, 0.25) is 0 Å². The van der Waals surface area contributed by atoms with Crippen molar-refractivity contribution in [2.24, 2.45) is 0 Å². The fourth-order valence-electron chi connectivity index (χ4n) is 3.55. The maximum Gasteiger partial charge on any atom is 0.329 e. The predicted octanol–water partition coefficient (Wildman–Crippen LogP) is 2.66. The van der Waals surface area contributed by atoms with Crippen LogP contribution in [-0.2, 0) is 6.54 Å². The lowest BCUT2D eigenvalue weighted by Gasteiger charge is -2.25. The number of likely N-dealkylation sites (N-methyl/N-ethyl adjacent to an activating group) is 1. The van der Waals surface area contributed by atoms with Crippen LogP contribution in [0.4, 0.5) is 8.78 Å². The lowest BCUT2D eigenvalue weighted by Crippen LogP contribution is -2.38. The highest BCUT2D eigenvalue weighted by Crippen LogP contribution is 2.27. The van der Waals surface area contributed by atoms with Crippen molar-refractivity contribution in [2.75, 3.05) is 13.6 Å². The minimum absolute atomic E-state index is 0.184. The molecule has 2 aromatic carbocycles. The number of nitrogens with zero attached hydrogens (tertiary/aromatic N) is 2. The van der Waals surface area contributed by atoms with Crippen LogP contribution >= 0.6 is 0 Å². The van der Waals surface area contributed by atoms with Gasteiger partial charge in [0.1, 0.15) is 17.2 Å². The van der Waals surface area contributed by atoms with Gasteiger partial charge in [-0.2, -0.15) is 0 Å². The van der Waals surface area contributed by atoms with Gasteiger partial charge >= 0.3 is 5.69 Å². The molecule has 1 heterocycles. The highest BCUT2D eigenvalue weighted by atomic mass is 19.1. The lowest BCUT2D eigenvalue weighted by molar-refractivity contribution is 0.130. The van der Waals surface area contributed by atoms with E-state index in [4.69, 9.17) is 0 Å². The number of para-hydroxylation sites is 1. The van der Waals surface area contributed by atoms with Crippen LogP contribution in [0, 0.1) is 11.6 Å². The van der Waals surface area contributed by atoms with Crippen LogP contribution in [0.5, 0.6) is 0 Å². The molecule has 0 spiro atoms. The molecule has 0 aliphatic carbocycles. The first-order chi connectivity index (χ1) is 13.0. The minimum Gasteiger partial charge on any atom is -0.389 e. The van der Waals surface area contributed by atoms with Crippen molar-refractivity contribution in [3.05, 3.63) is 70.1 Å². The molecule has 3 aromatic rings. The Hall–Kier alpha value is -2.51. The zero-order valence-electron chi connectivity index (χ0n) is 15.3. The third-order valence-electron chi connectivity index (χ3n) is 4.63. The second kappa shape index (κ2) is 8.02. The highest BCUT2D eigenvalue weighted by molar-refractivity contribution is 5.77. The van der Waals surface area contributed by atoms with Gasteiger partial charge in [-0.25, -0.2) is 13.6 Å². The molecule has 5 nitrogen and oxygen atoms in total. The van der Waals surface area contributed by atoms with Gasteiger partial charge in [-0.05, 0) is 43.3 Å². The van der Waals surface area contributed by atoms with Crippen molar-refractivity contribution in [2.45, 2.75) is 32.0 Å². The Morgan fingerprint density at radius 3 is 2.59 bits per heavy atom. The first kappa shape index (κ1) is 19.3. The monoisotopic (exact) mass is 375 g/mol. The molecule has 0 unspecified atom stereocenters. The molecule has 27 heavy (non-hydrogen) atoms. The SMILES string of the molecule is CCCn1c(=O)n([C@@H](c2cccc(F)c2)[C@H](O)CNC)c2cccc(F)c21. The van der Waals surface area contributed by atoms with Gasteiger partial charge in [-0.3, -0.25) is 9.13 Å². The standard InChI is InChI=1S/C20H23F2N3O2/c1-3-10-24-19-15(22)8-5-9-16(19)25(20(24)27)18(17(26)12-23-2)13-6-4-7-14(21)11-13/h4-9,11,17-18,23,26H,3,10,12H2,1-2H3/t17-,18+/m1/s1. The zero-order valence-corrected chi connectivity index (χ0v) is 15.3. The minimum atomic E-state index is -1.02. The predicted molar refractivity (Wildman–Crippen MR) is 101 cm³/mol. The van der Waals surface area contributed by atoms with Gasteiger partial charge in [-0.15, -0.1) is 0 Å². The molecular formula is C20H23F2N3O2. The van der Waals surface area contributed by atoms with Crippen molar-refractivity contribution in [3.8, 4) is 0 Å². The number of aliphatic hydroxyl groups is 1. The third kappa shape index (κ3) is 3.52. The summed E-state index contributed by atoms with van der Waals surface area (Å²) in [6.07, 6.45) is -0.365. The molecule has 0 amide bonds. The van der Waals surface area contributed by atoms with Gasteiger partial charge < -0.3 is 10.4 Å². The van der Waals surface area contributed by atoms with Crippen molar-refractivity contribution in [1.29, 1.82) is 0 Å². The zero-order chi connectivity index (χ0) is 19.6. The number of nitrogens with one attached hydrogen (secondary N) is 1. The van der Waals surface area contributed by atoms with E-state index in [9.17, 15) is 18.7 Å². The van der Waals surface area contributed by atoms with E-state index in [0.717, 1.165) is 0 Å². The fourth-order valence-corrected chi connectivity index (χ4v) is 3.55. The Kier molecular flexibility index (Phi) is 5.72. The van der Waals surface area contributed by atoms with Crippen LogP contribution in [0.3, 0.4) is 0 Å². The van der Waals surface area contributed by atoms with E-state index >= 15 is 0 Å². The summed E-state index contributed by atoms with van der Waals surface area (Å²) in [6.45, 7) is 2.43. The van der Waals surface area contributed by atoms with Gasteiger partial charge in [0, 0.05) is 13.1 Å². The molecule has 2 atom stereocenters. The molecule has 0 saturated carbocycles. The second-order valence-electron chi connectivity index (χ2n) is 6.54. The second-order valence-corrected chi connectivity index (χ2v) is 6.54. The average molecular weight is 375 g/mol. The van der Waals surface area contributed by atoms with E-state index in [1.165, 1.54) is 39.5 Å². The van der Waals surface area contributed by atoms with E-state index in [2.05, 4.69) is 5.32 Å². The van der Waals surface area contributed by atoms with Crippen LogP contribution in [0.25, 0.3) is 11.0 Å². The van der Waals surface area contributed by atoms with Gasteiger partial charge in [0.15, 0.2) is 0 Å². The number of hydrogen-bond acceptors (Lipinski definition) is 3. The molecule has 0 aliphatic rings. The molecule has 0 saturated heterocycles. The summed E-state index contributed by atoms with van der Waals surface area (Å²) < 4.78 is 31.1. The number of benzene rings is 2. The van der Waals surface area contributed by atoms with Crippen LogP contribution in [-0.4, -0.2) is 33.9 Å². The van der Waals surface area contributed by atoms with Crippen molar-refractivity contribution >= 4 is 11.0 Å². The maximum absolute atomic E-state index is 14.5. The van der Waals surface area contributed by atoms with Gasteiger partial charge in [0.05, 0.1) is 17.7 Å². The van der Waals surface area contributed by atoms with E-state index in [0.29, 0.717) is 24.0 Å². The topological polar surface area (TPSA) is 59.2 Å². The Balaban J connectivity index is 2.32. The Morgan fingerprint density at radius 2 is 1.93 bits per heavy atom. The molecular weight excluding hydrogens is 352 g/mol. The van der Waals surface area contributed by atoms with Crippen molar-refractivity contribution in [3.63, 3.8) is 0 Å². The van der Waals surface area contributed by atoms with Crippen LogP contribution in [0.15, 0.2) is 47.3 Å². The number of hydrogen-bond donors (Lipinski definition) is 2. The number of aliphatic hydroxyl groups excluding tert-OH is 1. The first-order valence-corrected chi connectivity index (χ1v) is 8.97. The summed E-state index contributed by atoms with van der Waals surface area (Å²) in [5.74, 6) is -0.969. The molecule has 1 aromatic heterocycles. The molecule has 0 bridgehead atoms. The summed E-state index contributed by atoms with van der Waals surface area (Å²) in [5, 5.41) is 13.6. The lowest BCUT2D eigenvalue weighted by atomic mass is 10.0. The summed E-state index contributed by atoms with van der Waals surface area (Å²) >= 11 is 0. The summed E-state index contributed by atoms with van der Waals surface area (Å²) in [4.78, 5) is 13.2. The summed E-state index contributed by atoms with van der Waals surface area (Å²) in [5.41, 5.74) is 0.585. The van der Waals surface area contributed by atoms with Crippen LogP contribution in [0.2, 0.25) is 0 Å². The van der Waals surface area contributed by atoms with Crippen LogP contribution < -0.4 is 11.0 Å². The smallest absolute Gasteiger partial charge is 0.329 e. The van der Waals surface area contributed by atoms with E-state index < -0.39 is 29.5 Å². The normalized spacial score (nSPS) is 13.8.